The van der Waals surface area contributed by atoms with Gasteiger partial charge in [0.25, 0.3) is 0 Å². The molecule has 68 valence electrons. The van der Waals surface area contributed by atoms with Gasteiger partial charge in [0.15, 0.2) is 5.41 Å². The van der Waals surface area contributed by atoms with Crippen LogP contribution in [-0.2, 0) is 4.79 Å². The maximum atomic E-state index is 10.8. The molecular formula is C8H8N2O3. The molecule has 0 aromatic carbocycles. The molecule has 1 heterocycles. The molecule has 0 saturated heterocycles. The van der Waals surface area contributed by atoms with E-state index in [1.165, 1.54) is 13.0 Å². The van der Waals surface area contributed by atoms with Gasteiger partial charge in [0.1, 0.15) is 0 Å². The van der Waals surface area contributed by atoms with Crippen LogP contribution in [-0.4, -0.2) is 21.9 Å². The average molecular weight is 180 g/mol. The molecule has 0 amide bonds. The smallest absolute Gasteiger partial charge is 0.330 e. The molecule has 5 nitrogen and oxygen atoms in total. The van der Waals surface area contributed by atoms with Crippen molar-refractivity contribution in [2.45, 2.75) is 13.3 Å². The first-order valence-corrected chi connectivity index (χ1v) is 3.62. The number of hydrogen-bond acceptors (Lipinski definition) is 4. The van der Waals surface area contributed by atoms with Crippen LogP contribution in [0.1, 0.15) is 13.3 Å². The third-order valence-electron chi connectivity index (χ3n) is 2.05. The highest BCUT2D eigenvalue weighted by Gasteiger charge is 2.43. The minimum Gasteiger partial charge on any atom is -0.493 e. The summed E-state index contributed by atoms with van der Waals surface area (Å²) in [7, 11) is 0. The van der Waals surface area contributed by atoms with Gasteiger partial charge in [-0.15, -0.1) is 0 Å². The van der Waals surface area contributed by atoms with Gasteiger partial charge in [-0.3, -0.25) is 4.79 Å². The Bertz CT molecular complexity index is 351. The zero-order chi connectivity index (χ0) is 10.1. The van der Waals surface area contributed by atoms with Crippen LogP contribution in [0.15, 0.2) is 17.0 Å². The molecule has 0 spiro atoms. The molecule has 13 heavy (non-hydrogen) atoms. The van der Waals surface area contributed by atoms with Crippen molar-refractivity contribution >= 4 is 11.7 Å². The molecule has 0 aromatic rings. The standard InChI is InChI=1S/C8H8N2O3/c1-5-8(4-9,7(12)13)3-2-6(11)10-5/h2,11H,3H2,1H3,(H,12,13). The highest BCUT2D eigenvalue weighted by molar-refractivity contribution is 6.08. The summed E-state index contributed by atoms with van der Waals surface area (Å²) in [5.41, 5.74) is -1.49. The summed E-state index contributed by atoms with van der Waals surface area (Å²) < 4.78 is 0. The number of aliphatic imine (C=N–C) groups is 1. The molecule has 5 heteroatoms. The number of aliphatic hydroxyl groups is 1. The lowest BCUT2D eigenvalue weighted by Crippen LogP contribution is -2.37. The van der Waals surface area contributed by atoms with E-state index in [9.17, 15) is 4.79 Å². The number of carbonyl (C=O) groups is 1. The summed E-state index contributed by atoms with van der Waals surface area (Å²) >= 11 is 0. The van der Waals surface area contributed by atoms with Crippen LogP contribution in [0.2, 0.25) is 0 Å². The quantitative estimate of drug-likeness (QED) is 0.625. The topological polar surface area (TPSA) is 93.7 Å². The Hall–Kier alpha value is -1.83. The Morgan fingerprint density at radius 1 is 1.85 bits per heavy atom. The number of hydrogen-bond donors (Lipinski definition) is 2. The molecule has 1 atom stereocenters. The summed E-state index contributed by atoms with van der Waals surface area (Å²) in [5.74, 6) is -1.47. The van der Waals surface area contributed by atoms with Crippen LogP contribution in [0.3, 0.4) is 0 Å². The van der Waals surface area contributed by atoms with Crippen LogP contribution < -0.4 is 0 Å². The van der Waals surface area contributed by atoms with Crippen LogP contribution >= 0.6 is 0 Å². The van der Waals surface area contributed by atoms with Crippen LogP contribution in [0.4, 0.5) is 0 Å². The van der Waals surface area contributed by atoms with E-state index < -0.39 is 11.4 Å². The van der Waals surface area contributed by atoms with Crippen LogP contribution in [0.25, 0.3) is 0 Å². The van der Waals surface area contributed by atoms with Gasteiger partial charge in [-0.25, -0.2) is 4.99 Å². The van der Waals surface area contributed by atoms with Crippen molar-refractivity contribution in [2.75, 3.05) is 0 Å². The Labute approximate surface area is 74.6 Å². The predicted octanol–water partition coefficient (Wildman–Crippen LogP) is 0.845. The van der Waals surface area contributed by atoms with Crippen LogP contribution in [0, 0.1) is 16.7 Å². The molecule has 2 N–H and O–H groups in total. The Balaban J connectivity index is 3.17. The third kappa shape index (κ3) is 1.26. The third-order valence-corrected chi connectivity index (χ3v) is 2.05. The fourth-order valence-electron chi connectivity index (χ4n) is 1.12. The molecule has 0 fully saturated rings. The van der Waals surface area contributed by atoms with E-state index in [1.807, 2.05) is 0 Å². The number of allylic oxidation sites excluding steroid dienone is 1. The van der Waals surface area contributed by atoms with E-state index in [2.05, 4.69) is 4.99 Å². The van der Waals surface area contributed by atoms with Crippen molar-refractivity contribution in [1.29, 1.82) is 5.26 Å². The fourth-order valence-corrected chi connectivity index (χ4v) is 1.12. The number of rotatable bonds is 1. The van der Waals surface area contributed by atoms with E-state index >= 15 is 0 Å². The molecule has 0 bridgehead atoms. The lowest BCUT2D eigenvalue weighted by Gasteiger charge is -2.22. The van der Waals surface area contributed by atoms with Crippen molar-refractivity contribution in [3.05, 3.63) is 12.0 Å². The summed E-state index contributed by atoms with van der Waals surface area (Å²) in [5, 5.41) is 26.5. The van der Waals surface area contributed by atoms with Crippen molar-refractivity contribution in [2.24, 2.45) is 10.4 Å². The monoisotopic (exact) mass is 180 g/mol. The van der Waals surface area contributed by atoms with Gasteiger partial charge in [-0.1, -0.05) is 0 Å². The zero-order valence-corrected chi connectivity index (χ0v) is 6.98. The zero-order valence-electron chi connectivity index (χ0n) is 6.98. The highest BCUT2D eigenvalue weighted by atomic mass is 16.4. The largest absolute Gasteiger partial charge is 0.493 e. The minimum atomic E-state index is -1.60. The predicted molar refractivity (Wildman–Crippen MR) is 44.1 cm³/mol. The van der Waals surface area contributed by atoms with E-state index in [-0.39, 0.29) is 18.0 Å². The van der Waals surface area contributed by atoms with Gasteiger partial charge in [-0.2, -0.15) is 5.26 Å². The number of aliphatic carboxylic acids is 1. The Morgan fingerprint density at radius 2 is 2.46 bits per heavy atom. The maximum Gasteiger partial charge on any atom is 0.330 e. The van der Waals surface area contributed by atoms with Gasteiger partial charge in [0.05, 0.1) is 11.8 Å². The second-order valence-electron chi connectivity index (χ2n) is 2.79. The van der Waals surface area contributed by atoms with E-state index in [1.54, 1.807) is 6.07 Å². The van der Waals surface area contributed by atoms with Crippen molar-refractivity contribution < 1.29 is 15.0 Å². The summed E-state index contributed by atoms with van der Waals surface area (Å²) in [6.45, 7) is 1.42. The molecule has 1 aliphatic heterocycles. The molecule has 0 saturated carbocycles. The van der Waals surface area contributed by atoms with Crippen molar-refractivity contribution in [3.63, 3.8) is 0 Å². The fraction of sp³-hybridized carbons (Fsp3) is 0.375. The summed E-state index contributed by atoms with van der Waals surface area (Å²) in [6, 6.07) is 1.70. The number of carboxylic acids is 1. The number of nitrogens with zero attached hydrogens (tertiary/aromatic N) is 2. The lowest BCUT2D eigenvalue weighted by molar-refractivity contribution is -0.142. The second kappa shape index (κ2) is 2.90. The molecular weight excluding hydrogens is 172 g/mol. The number of nitriles is 1. The van der Waals surface area contributed by atoms with Gasteiger partial charge in [0.2, 0.25) is 5.88 Å². The van der Waals surface area contributed by atoms with E-state index in [4.69, 9.17) is 15.5 Å². The molecule has 1 rings (SSSR count). The Morgan fingerprint density at radius 3 is 2.85 bits per heavy atom. The number of aliphatic hydroxyl groups excluding tert-OH is 1. The highest BCUT2D eigenvalue weighted by Crippen LogP contribution is 2.29. The Kier molecular flexibility index (Phi) is 2.07. The average Bonchev–Trinajstić information content (AvgIpc) is 2.04. The molecule has 0 aromatic heterocycles. The first-order valence-electron chi connectivity index (χ1n) is 3.62. The first-order chi connectivity index (χ1) is 6.03. The summed E-state index contributed by atoms with van der Waals surface area (Å²) in [6.07, 6.45) is 1.18. The minimum absolute atomic E-state index is 0.0417. The molecule has 1 unspecified atom stereocenters. The summed E-state index contributed by atoms with van der Waals surface area (Å²) in [4.78, 5) is 14.4. The first kappa shape index (κ1) is 9.26. The van der Waals surface area contributed by atoms with E-state index in [0.717, 1.165) is 0 Å². The van der Waals surface area contributed by atoms with E-state index in [0.29, 0.717) is 0 Å². The SMILES string of the molecule is CC1=NC(O)=CCC1(C#N)C(=O)O. The lowest BCUT2D eigenvalue weighted by atomic mass is 9.80. The molecule has 0 radical (unpaired) electrons. The molecule has 0 aliphatic carbocycles. The van der Waals surface area contributed by atoms with Gasteiger partial charge < -0.3 is 10.2 Å². The van der Waals surface area contributed by atoms with Gasteiger partial charge in [0, 0.05) is 6.42 Å². The van der Waals surface area contributed by atoms with Crippen molar-refractivity contribution in [3.8, 4) is 6.07 Å². The normalized spacial score (nSPS) is 27.1. The van der Waals surface area contributed by atoms with Crippen LogP contribution in [0.5, 0.6) is 0 Å². The molecule has 1 aliphatic rings. The maximum absolute atomic E-state index is 10.8. The van der Waals surface area contributed by atoms with Gasteiger partial charge >= 0.3 is 5.97 Å². The second-order valence-corrected chi connectivity index (χ2v) is 2.79. The van der Waals surface area contributed by atoms with Crippen molar-refractivity contribution in [1.82, 2.24) is 0 Å². The van der Waals surface area contributed by atoms with Gasteiger partial charge in [-0.05, 0) is 13.0 Å². The number of carboxylic acid groups (broad SMARTS) is 1.